The normalized spacial score (nSPS) is 23.1. The van der Waals surface area contributed by atoms with Gasteiger partial charge in [-0.3, -0.25) is 4.79 Å². The standard InChI is InChI=1S/C17H26N2O/c1-12(2)8-17(20)19-10-15(9-16(18)11-19)14-6-4-13(3)5-7-14/h4-7,12,15-16H,8-11,18H2,1-3H3. The van der Waals surface area contributed by atoms with Gasteiger partial charge in [0.2, 0.25) is 5.91 Å². The number of amides is 1. The van der Waals surface area contributed by atoms with Crippen molar-refractivity contribution in [3.05, 3.63) is 35.4 Å². The molecule has 110 valence electrons. The van der Waals surface area contributed by atoms with Gasteiger partial charge < -0.3 is 10.6 Å². The minimum absolute atomic E-state index is 0.0890. The minimum atomic E-state index is 0.0890. The predicted octanol–water partition coefficient (Wildman–Crippen LogP) is 2.68. The number of hydrogen-bond acceptors (Lipinski definition) is 2. The number of hydrogen-bond donors (Lipinski definition) is 1. The Labute approximate surface area is 122 Å². The van der Waals surface area contributed by atoms with Crippen molar-refractivity contribution in [2.24, 2.45) is 11.7 Å². The molecule has 0 saturated carbocycles. The molecule has 1 fully saturated rings. The van der Waals surface area contributed by atoms with Crippen LogP contribution in [-0.4, -0.2) is 29.9 Å². The largest absolute Gasteiger partial charge is 0.341 e. The van der Waals surface area contributed by atoms with Crippen molar-refractivity contribution in [2.75, 3.05) is 13.1 Å². The van der Waals surface area contributed by atoms with E-state index in [0.29, 0.717) is 24.8 Å². The predicted molar refractivity (Wildman–Crippen MR) is 82.5 cm³/mol. The van der Waals surface area contributed by atoms with Gasteiger partial charge in [0.1, 0.15) is 0 Å². The second kappa shape index (κ2) is 6.40. The molecule has 2 unspecified atom stereocenters. The molecular weight excluding hydrogens is 248 g/mol. The number of aryl methyl sites for hydroxylation is 1. The highest BCUT2D eigenvalue weighted by molar-refractivity contribution is 5.76. The summed E-state index contributed by atoms with van der Waals surface area (Å²) in [6.07, 6.45) is 1.59. The first-order valence-electron chi connectivity index (χ1n) is 7.55. The van der Waals surface area contributed by atoms with Crippen molar-refractivity contribution < 1.29 is 4.79 Å². The van der Waals surface area contributed by atoms with Gasteiger partial charge in [0.25, 0.3) is 0 Å². The molecule has 0 spiro atoms. The second-order valence-corrected chi connectivity index (χ2v) is 6.50. The molecule has 1 aliphatic heterocycles. The van der Waals surface area contributed by atoms with Crippen LogP contribution >= 0.6 is 0 Å². The van der Waals surface area contributed by atoms with Crippen LogP contribution in [0.1, 0.15) is 43.7 Å². The van der Waals surface area contributed by atoms with Crippen molar-refractivity contribution >= 4 is 5.91 Å². The van der Waals surface area contributed by atoms with E-state index >= 15 is 0 Å². The third-order valence-corrected chi connectivity index (χ3v) is 3.97. The quantitative estimate of drug-likeness (QED) is 0.921. The van der Waals surface area contributed by atoms with E-state index in [0.717, 1.165) is 13.0 Å². The van der Waals surface area contributed by atoms with E-state index in [2.05, 4.69) is 45.0 Å². The van der Waals surface area contributed by atoms with E-state index in [9.17, 15) is 4.79 Å². The van der Waals surface area contributed by atoms with Crippen LogP contribution in [0, 0.1) is 12.8 Å². The Morgan fingerprint density at radius 1 is 1.30 bits per heavy atom. The molecule has 1 aromatic rings. The summed E-state index contributed by atoms with van der Waals surface area (Å²) >= 11 is 0. The zero-order valence-electron chi connectivity index (χ0n) is 12.8. The molecule has 2 N–H and O–H groups in total. The molecule has 3 heteroatoms. The summed E-state index contributed by atoms with van der Waals surface area (Å²) < 4.78 is 0. The molecule has 1 aliphatic rings. The minimum Gasteiger partial charge on any atom is -0.341 e. The van der Waals surface area contributed by atoms with Gasteiger partial charge in [0.05, 0.1) is 0 Å². The highest BCUT2D eigenvalue weighted by Gasteiger charge is 2.29. The lowest BCUT2D eigenvalue weighted by molar-refractivity contribution is -0.133. The maximum Gasteiger partial charge on any atom is 0.222 e. The van der Waals surface area contributed by atoms with Crippen LogP contribution in [-0.2, 0) is 4.79 Å². The maximum absolute atomic E-state index is 12.3. The van der Waals surface area contributed by atoms with Crippen LogP contribution in [0.5, 0.6) is 0 Å². The molecule has 0 aromatic heterocycles. The zero-order chi connectivity index (χ0) is 14.7. The molecule has 1 aromatic carbocycles. The highest BCUT2D eigenvalue weighted by Crippen LogP contribution is 2.27. The molecule has 2 atom stereocenters. The lowest BCUT2D eigenvalue weighted by atomic mass is 9.87. The van der Waals surface area contributed by atoms with Crippen molar-refractivity contribution in [1.29, 1.82) is 0 Å². The topological polar surface area (TPSA) is 46.3 Å². The van der Waals surface area contributed by atoms with Crippen LogP contribution in [0.25, 0.3) is 0 Å². The number of carbonyl (C=O) groups excluding carboxylic acids is 1. The Bertz CT molecular complexity index is 453. The molecule has 1 amide bonds. The van der Waals surface area contributed by atoms with E-state index < -0.39 is 0 Å². The van der Waals surface area contributed by atoms with Crippen LogP contribution in [0.15, 0.2) is 24.3 Å². The number of piperidine rings is 1. The molecule has 0 radical (unpaired) electrons. The molecule has 2 rings (SSSR count). The van der Waals surface area contributed by atoms with E-state index in [1.165, 1.54) is 11.1 Å². The van der Waals surface area contributed by atoms with Crippen LogP contribution < -0.4 is 5.73 Å². The average molecular weight is 274 g/mol. The Hall–Kier alpha value is -1.35. The third-order valence-electron chi connectivity index (χ3n) is 3.97. The van der Waals surface area contributed by atoms with Crippen LogP contribution in [0.3, 0.4) is 0 Å². The monoisotopic (exact) mass is 274 g/mol. The fourth-order valence-corrected chi connectivity index (χ4v) is 2.90. The van der Waals surface area contributed by atoms with Crippen LogP contribution in [0.2, 0.25) is 0 Å². The van der Waals surface area contributed by atoms with Crippen molar-refractivity contribution in [2.45, 2.75) is 45.6 Å². The fourth-order valence-electron chi connectivity index (χ4n) is 2.90. The Morgan fingerprint density at radius 3 is 2.55 bits per heavy atom. The van der Waals surface area contributed by atoms with Gasteiger partial charge >= 0.3 is 0 Å². The number of carbonyl (C=O) groups is 1. The van der Waals surface area contributed by atoms with Crippen molar-refractivity contribution in [3.63, 3.8) is 0 Å². The zero-order valence-corrected chi connectivity index (χ0v) is 12.8. The molecule has 3 nitrogen and oxygen atoms in total. The van der Waals surface area contributed by atoms with Gasteiger partial charge in [0, 0.05) is 31.5 Å². The number of likely N-dealkylation sites (tertiary alicyclic amines) is 1. The first-order valence-corrected chi connectivity index (χ1v) is 7.55. The van der Waals surface area contributed by atoms with Gasteiger partial charge in [-0.25, -0.2) is 0 Å². The average Bonchev–Trinajstić information content (AvgIpc) is 2.38. The number of nitrogens with two attached hydrogens (primary N) is 1. The SMILES string of the molecule is Cc1ccc(C2CC(N)CN(C(=O)CC(C)C)C2)cc1. The summed E-state index contributed by atoms with van der Waals surface area (Å²) in [5.41, 5.74) is 8.72. The van der Waals surface area contributed by atoms with Crippen LogP contribution in [0.4, 0.5) is 0 Å². The molecule has 20 heavy (non-hydrogen) atoms. The summed E-state index contributed by atoms with van der Waals surface area (Å²) in [5.74, 6) is 1.01. The van der Waals surface area contributed by atoms with Crippen molar-refractivity contribution in [1.82, 2.24) is 4.90 Å². The lowest BCUT2D eigenvalue weighted by Crippen LogP contribution is -2.48. The van der Waals surface area contributed by atoms with E-state index in [1.807, 2.05) is 4.90 Å². The Morgan fingerprint density at radius 2 is 1.95 bits per heavy atom. The lowest BCUT2D eigenvalue weighted by Gasteiger charge is -2.37. The summed E-state index contributed by atoms with van der Waals surface area (Å²) in [5, 5.41) is 0. The molecule has 0 bridgehead atoms. The number of nitrogens with zero attached hydrogens (tertiary/aromatic N) is 1. The van der Waals surface area contributed by atoms with E-state index in [-0.39, 0.29) is 11.9 Å². The molecular formula is C17H26N2O. The highest BCUT2D eigenvalue weighted by atomic mass is 16.2. The smallest absolute Gasteiger partial charge is 0.222 e. The number of rotatable bonds is 3. The summed E-state index contributed by atoms with van der Waals surface area (Å²) in [6.45, 7) is 7.77. The number of benzene rings is 1. The molecule has 1 heterocycles. The fraction of sp³-hybridized carbons (Fsp3) is 0.588. The van der Waals surface area contributed by atoms with Gasteiger partial charge in [-0.15, -0.1) is 0 Å². The van der Waals surface area contributed by atoms with Gasteiger partial charge in [-0.2, -0.15) is 0 Å². The molecule has 1 saturated heterocycles. The Balaban J connectivity index is 2.08. The van der Waals surface area contributed by atoms with E-state index in [1.54, 1.807) is 0 Å². The first kappa shape index (κ1) is 15.0. The molecule has 0 aliphatic carbocycles. The summed E-state index contributed by atoms with van der Waals surface area (Å²) in [6, 6.07) is 8.70. The Kier molecular flexibility index (Phi) is 4.81. The van der Waals surface area contributed by atoms with Gasteiger partial charge in [0.15, 0.2) is 0 Å². The van der Waals surface area contributed by atoms with Crippen molar-refractivity contribution in [3.8, 4) is 0 Å². The first-order chi connectivity index (χ1) is 9.45. The second-order valence-electron chi connectivity index (χ2n) is 6.50. The van der Waals surface area contributed by atoms with Gasteiger partial charge in [-0.1, -0.05) is 43.7 Å². The maximum atomic E-state index is 12.3. The van der Waals surface area contributed by atoms with E-state index in [4.69, 9.17) is 5.73 Å². The summed E-state index contributed by atoms with van der Waals surface area (Å²) in [7, 11) is 0. The van der Waals surface area contributed by atoms with Gasteiger partial charge in [-0.05, 0) is 24.8 Å². The summed E-state index contributed by atoms with van der Waals surface area (Å²) in [4.78, 5) is 14.2. The third kappa shape index (κ3) is 3.83.